The summed E-state index contributed by atoms with van der Waals surface area (Å²) < 4.78 is 13.1. The molecule has 3 heteroatoms. The van der Waals surface area contributed by atoms with Crippen LogP contribution in [0.3, 0.4) is 0 Å². The predicted molar refractivity (Wildman–Crippen MR) is 77.9 cm³/mol. The van der Waals surface area contributed by atoms with Gasteiger partial charge in [-0.05, 0) is 57.0 Å². The van der Waals surface area contributed by atoms with Crippen molar-refractivity contribution in [1.82, 2.24) is 10.2 Å². The van der Waals surface area contributed by atoms with E-state index in [1.165, 1.54) is 38.4 Å². The summed E-state index contributed by atoms with van der Waals surface area (Å²) in [5.41, 5.74) is 1.07. The summed E-state index contributed by atoms with van der Waals surface area (Å²) in [6, 6.07) is 7.30. The Morgan fingerprint density at radius 2 is 2.05 bits per heavy atom. The lowest BCUT2D eigenvalue weighted by atomic mass is 10.1. The molecule has 1 aromatic carbocycles. The number of hydrogen-bond acceptors (Lipinski definition) is 2. The fourth-order valence-electron chi connectivity index (χ4n) is 2.74. The minimum Gasteiger partial charge on any atom is -0.313 e. The first-order chi connectivity index (χ1) is 9.24. The van der Waals surface area contributed by atoms with Gasteiger partial charge in [0.05, 0.1) is 0 Å². The zero-order valence-corrected chi connectivity index (χ0v) is 11.9. The fraction of sp³-hybridized carbons (Fsp3) is 0.625. The van der Waals surface area contributed by atoms with Gasteiger partial charge in [0.25, 0.3) is 0 Å². The molecule has 1 heterocycles. The van der Waals surface area contributed by atoms with Gasteiger partial charge >= 0.3 is 0 Å². The number of likely N-dealkylation sites (tertiary alicyclic amines) is 1. The Bertz CT molecular complexity index is 375. The van der Waals surface area contributed by atoms with Crippen LogP contribution in [0.15, 0.2) is 24.3 Å². The average Bonchev–Trinajstić information content (AvgIpc) is 2.40. The Hall–Kier alpha value is -0.930. The molecule has 0 aromatic heterocycles. The van der Waals surface area contributed by atoms with Crippen LogP contribution in [0.25, 0.3) is 0 Å². The van der Waals surface area contributed by atoms with Crippen molar-refractivity contribution in [2.75, 3.05) is 26.2 Å². The number of nitrogens with one attached hydrogen (secondary N) is 1. The maximum atomic E-state index is 13.1. The van der Waals surface area contributed by atoms with Crippen molar-refractivity contribution in [3.05, 3.63) is 35.6 Å². The van der Waals surface area contributed by atoms with Gasteiger partial charge in [-0.1, -0.05) is 18.6 Å². The number of benzene rings is 1. The number of hydrogen-bond donors (Lipinski definition) is 1. The van der Waals surface area contributed by atoms with Gasteiger partial charge in [0.15, 0.2) is 0 Å². The van der Waals surface area contributed by atoms with E-state index in [1.54, 1.807) is 12.1 Å². The lowest BCUT2D eigenvalue weighted by Gasteiger charge is -2.27. The predicted octanol–water partition coefficient (Wildman–Crippen LogP) is 2.83. The molecule has 1 aliphatic rings. The van der Waals surface area contributed by atoms with E-state index in [4.69, 9.17) is 0 Å². The Morgan fingerprint density at radius 1 is 1.26 bits per heavy atom. The van der Waals surface area contributed by atoms with E-state index in [2.05, 4.69) is 17.1 Å². The van der Waals surface area contributed by atoms with Crippen LogP contribution >= 0.6 is 0 Å². The third-order valence-corrected chi connectivity index (χ3v) is 3.80. The summed E-state index contributed by atoms with van der Waals surface area (Å²) in [5.74, 6) is -0.141. The number of nitrogens with zero attached hydrogens (tertiary/aromatic N) is 1. The van der Waals surface area contributed by atoms with E-state index in [0.29, 0.717) is 6.04 Å². The van der Waals surface area contributed by atoms with E-state index in [0.717, 1.165) is 25.1 Å². The summed E-state index contributed by atoms with van der Waals surface area (Å²) in [6.07, 6.45) is 4.97. The first kappa shape index (κ1) is 14.5. The minimum absolute atomic E-state index is 0.141. The van der Waals surface area contributed by atoms with Crippen LogP contribution < -0.4 is 5.32 Å². The summed E-state index contributed by atoms with van der Waals surface area (Å²) in [7, 11) is 0. The van der Waals surface area contributed by atoms with Crippen molar-refractivity contribution >= 4 is 0 Å². The maximum Gasteiger partial charge on any atom is 0.123 e. The summed E-state index contributed by atoms with van der Waals surface area (Å²) in [5, 5.41) is 3.53. The molecule has 19 heavy (non-hydrogen) atoms. The molecule has 0 bridgehead atoms. The highest BCUT2D eigenvalue weighted by molar-refractivity contribution is 5.17. The lowest BCUT2D eigenvalue weighted by Crippen LogP contribution is -2.39. The molecule has 1 aliphatic heterocycles. The highest BCUT2D eigenvalue weighted by Crippen LogP contribution is 2.08. The lowest BCUT2D eigenvalue weighted by molar-refractivity contribution is 0.226. The molecule has 2 nitrogen and oxygen atoms in total. The number of piperidine rings is 1. The zero-order valence-electron chi connectivity index (χ0n) is 11.9. The second kappa shape index (κ2) is 7.61. The summed E-state index contributed by atoms with van der Waals surface area (Å²) in [6.45, 7) is 6.82. The third-order valence-electron chi connectivity index (χ3n) is 3.80. The zero-order chi connectivity index (χ0) is 13.5. The van der Waals surface area contributed by atoms with Crippen molar-refractivity contribution in [2.24, 2.45) is 0 Å². The first-order valence-electron chi connectivity index (χ1n) is 7.44. The first-order valence-corrected chi connectivity index (χ1v) is 7.44. The van der Waals surface area contributed by atoms with Crippen molar-refractivity contribution in [2.45, 2.75) is 38.6 Å². The average molecular weight is 264 g/mol. The molecule has 1 fully saturated rings. The van der Waals surface area contributed by atoms with Gasteiger partial charge < -0.3 is 10.2 Å². The second-order valence-corrected chi connectivity index (χ2v) is 5.59. The largest absolute Gasteiger partial charge is 0.313 e. The smallest absolute Gasteiger partial charge is 0.123 e. The molecule has 2 rings (SSSR count). The Kier molecular flexibility index (Phi) is 5.80. The third kappa shape index (κ3) is 5.29. The number of rotatable bonds is 6. The van der Waals surface area contributed by atoms with Gasteiger partial charge in [-0.15, -0.1) is 0 Å². The maximum absolute atomic E-state index is 13.1. The molecule has 0 amide bonds. The number of halogens is 1. The SMILES string of the molecule is CC(Cc1cccc(F)c1)NCCN1CCCCC1. The molecule has 1 N–H and O–H groups in total. The molecule has 0 radical (unpaired) electrons. The van der Waals surface area contributed by atoms with Crippen molar-refractivity contribution in [1.29, 1.82) is 0 Å². The molecular formula is C16H25FN2. The van der Waals surface area contributed by atoms with E-state index < -0.39 is 0 Å². The molecule has 1 atom stereocenters. The van der Waals surface area contributed by atoms with Gasteiger partial charge in [-0.3, -0.25) is 0 Å². The van der Waals surface area contributed by atoms with Crippen LogP contribution in [0.2, 0.25) is 0 Å². The summed E-state index contributed by atoms with van der Waals surface area (Å²) in [4.78, 5) is 2.53. The summed E-state index contributed by atoms with van der Waals surface area (Å²) >= 11 is 0. The molecule has 0 spiro atoms. The van der Waals surface area contributed by atoms with Gasteiger partial charge in [0.1, 0.15) is 5.82 Å². The Morgan fingerprint density at radius 3 is 2.79 bits per heavy atom. The quantitative estimate of drug-likeness (QED) is 0.850. The van der Waals surface area contributed by atoms with Crippen LogP contribution in [0.5, 0.6) is 0 Å². The monoisotopic (exact) mass is 264 g/mol. The molecule has 0 saturated carbocycles. The topological polar surface area (TPSA) is 15.3 Å². The van der Waals surface area contributed by atoms with E-state index >= 15 is 0 Å². The molecule has 1 unspecified atom stereocenters. The van der Waals surface area contributed by atoms with Crippen molar-refractivity contribution in [3.63, 3.8) is 0 Å². The van der Waals surface area contributed by atoms with Crippen LogP contribution in [0.1, 0.15) is 31.7 Å². The van der Waals surface area contributed by atoms with Crippen molar-refractivity contribution < 1.29 is 4.39 Å². The van der Waals surface area contributed by atoms with E-state index in [1.807, 2.05) is 6.07 Å². The standard InChI is InChI=1S/C16H25FN2/c1-14(12-15-6-5-7-16(17)13-15)18-8-11-19-9-3-2-4-10-19/h5-7,13-14,18H,2-4,8-12H2,1H3. The molecule has 106 valence electrons. The molecular weight excluding hydrogens is 239 g/mol. The van der Waals surface area contributed by atoms with E-state index in [9.17, 15) is 4.39 Å². The van der Waals surface area contributed by atoms with Gasteiger partial charge in [0, 0.05) is 19.1 Å². The normalized spacial score (nSPS) is 18.4. The molecule has 1 aromatic rings. The van der Waals surface area contributed by atoms with Crippen LogP contribution in [-0.4, -0.2) is 37.1 Å². The van der Waals surface area contributed by atoms with Gasteiger partial charge in [-0.2, -0.15) is 0 Å². The highest BCUT2D eigenvalue weighted by Gasteiger charge is 2.10. The minimum atomic E-state index is -0.141. The van der Waals surface area contributed by atoms with E-state index in [-0.39, 0.29) is 5.82 Å². The van der Waals surface area contributed by atoms with Gasteiger partial charge in [-0.25, -0.2) is 4.39 Å². The Labute approximate surface area is 116 Å². The van der Waals surface area contributed by atoms with Crippen molar-refractivity contribution in [3.8, 4) is 0 Å². The van der Waals surface area contributed by atoms with Gasteiger partial charge in [0.2, 0.25) is 0 Å². The molecule has 0 aliphatic carbocycles. The van der Waals surface area contributed by atoms with Crippen LogP contribution in [0, 0.1) is 5.82 Å². The highest BCUT2D eigenvalue weighted by atomic mass is 19.1. The Balaban J connectivity index is 1.65. The van der Waals surface area contributed by atoms with Crippen LogP contribution in [-0.2, 0) is 6.42 Å². The molecule has 1 saturated heterocycles. The second-order valence-electron chi connectivity index (χ2n) is 5.59. The van der Waals surface area contributed by atoms with Crippen LogP contribution in [0.4, 0.5) is 4.39 Å². The fourth-order valence-corrected chi connectivity index (χ4v) is 2.74.